The molecule has 0 atom stereocenters. The zero-order valence-corrected chi connectivity index (χ0v) is 9.98. The van der Waals surface area contributed by atoms with E-state index in [1.807, 2.05) is 6.07 Å². The number of anilines is 1. The molecule has 0 fully saturated rings. The Labute approximate surface area is 112 Å². The van der Waals surface area contributed by atoms with Gasteiger partial charge in [-0.1, -0.05) is 0 Å². The summed E-state index contributed by atoms with van der Waals surface area (Å²) in [5.41, 5.74) is 4.67. The van der Waals surface area contributed by atoms with E-state index in [4.69, 9.17) is 15.7 Å². The molecule has 0 amide bonds. The molecule has 1 aromatic heterocycles. The molecule has 7 heteroatoms. The van der Waals surface area contributed by atoms with E-state index in [-0.39, 0.29) is 22.9 Å². The smallest absolute Gasteiger partial charge is 0.416 e. The van der Waals surface area contributed by atoms with Crippen LogP contribution in [-0.2, 0) is 6.18 Å². The van der Waals surface area contributed by atoms with Crippen LogP contribution in [0.15, 0.2) is 36.5 Å². The van der Waals surface area contributed by atoms with Gasteiger partial charge in [-0.3, -0.25) is 0 Å². The highest BCUT2D eigenvalue weighted by Gasteiger charge is 2.30. The van der Waals surface area contributed by atoms with Crippen molar-refractivity contribution >= 4 is 5.69 Å². The van der Waals surface area contributed by atoms with Gasteiger partial charge in [0.1, 0.15) is 23.3 Å². The second-order valence-corrected chi connectivity index (χ2v) is 3.84. The third-order valence-corrected chi connectivity index (χ3v) is 2.41. The first-order valence-electron chi connectivity index (χ1n) is 5.41. The van der Waals surface area contributed by atoms with E-state index in [0.717, 1.165) is 18.2 Å². The minimum atomic E-state index is -4.46. The molecule has 0 unspecified atom stereocenters. The van der Waals surface area contributed by atoms with Crippen molar-refractivity contribution in [2.45, 2.75) is 6.18 Å². The molecule has 2 aromatic rings. The minimum Gasteiger partial charge on any atom is -0.455 e. The summed E-state index contributed by atoms with van der Waals surface area (Å²) in [6.45, 7) is 0. The summed E-state index contributed by atoms with van der Waals surface area (Å²) in [7, 11) is 0. The number of alkyl halides is 3. The van der Waals surface area contributed by atoms with Crippen molar-refractivity contribution in [3.8, 4) is 17.6 Å². The zero-order valence-electron chi connectivity index (χ0n) is 9.98. The molecule has 20 heavy (non-hydrogen) atoms. The van der Waals surface area contributed by atoms with Crippen LogP contribution in [0, 0.1) is 11.3 Å². The molecular formula is C13H8F3N3O. The molecule has 2 rings (SSSR count). The lowest BCUT2D eigenvalue weighted by Gasteiger charge is -2.11. The van der Waals surface area contributed by atoms with Crippen LogP contribution in [0.4, 0.5) is 18.9 Å². The Morgan fingerprint density at radius 1 is 1.20 bits per heavy atom. The molecule has 0 aliphatic rings. The van der Waals surface area contributed by atoms with Crippen molar-refractivity contribution in [2.75, 3.05) is 5.73 Å². The predicted octanol–water partition coefficient (Wildman–Crippen LogP) is 3.35. The van der Waals surface area contributed by atoms with Crippen molar-refractivity contribution in [3.63, 3.8) is 0 Å². The van der Waals surface area contributed by atoms with E-state index < -0.39 is 11.7 Å². The summed E-state index contributed by atoms with van der Waals surface area (Å²) in [6.07, 6.45) is -3.11. The second kappa shape index (κ2) is 5.09. The second-order valence-electron chi connectivity index (χ2n) is 3.84. The van der Waals surface area contributed by atoms with Gasteiger partial charge in [-0.05, 0) is 24.3 Å². The van der Waals surface area contributed by atoms with E-state index in [1.165, 1.54) is 18.3 Å². The molecule has 102 valence electrons. The summed E-state index contributed by atoms with van der Waals surface area (Å²) < 4.78 is 42.8. The first kappa shape index (κ1) is 13.7. The van der Waals surface area contributed by atoms with Crippen LogP contribution in [0.2, 0.25) is 0 Å². The number of halogens is 3. The van der Waals surface area contributed by atoms with Gasteiger partial charge in [0.15, 0.2) is 0 Å². The summed E-state index contributed by atoms with van der Waals surface area (Å²) in [5, 5.41) is 8.69. The number of ether oxygens (including phenoxy) is 1. The predicted molar refractivity (Wildman–Crippen MR) is 64.9 cm³/mol. The average Bonchev–Trinajstić information content (AvgIpc) is 2.40. The van der Waals surface area contributed by atoms with Gasteiger partial charge in [0.05, 0.1) is 11.3 Å². The molecule has 0 aliphatic carbocycles. The Hall–Kier alpha value is -2.75. The minimum absolute atomic E-state index is 0.0769. The summed E-state index contributed by atoms with van der Waals surface area (Å²) >= 11 is 0. The third-order valence-electron chi connectivity index (χ3n) is 2.41. The molecule has 0 bridgehead atoms. The lowest BCUT2D eigenvalue weighted by Crippen LogP contribution is -2.06. The summed E-state index contributed by atoms with van der Waals surface area (Å²) in [5.74, 6) is 0.344. The fourth-order valence-corrected chi connectivity index (χ4v) is 1.48. The highest BCUT2D eigenvalue weighted by Crippen LogP contribution is 2.35. The molecule has 0 saturated carbocycles. The van der Waals surface area contributed by atoms with Gasteiger partial charge in [-0.15, -0.1) is 0 Å². The Morgan fingerprint density at radius 2 is 1.95 bits per heavy atom. The van der Waals surface area contributed by atoms with Crippen LogP contribution >= 0.6 is 0 Å². The van der Waals surface area contributed by atoms with Crippen LogP contribution in [0.25, 0.3) is 0 Å². The van der Waals surface area contributed by atoms with Gasteiger partial charge in [0.25, 0.3) is 0 Å². The van der Waals surface area contributed by atoms with Crippen LogP contribution in [0.3, 0.4) is 0 Å². The molecule has 1 aromatic carbocycles. The van der Waals surface area contributed by atoms with Crippen LogP contribution in [-0.4, -0.2) is 4.98 Å². The Bertz CT molecular complexity index is 677. The van der Waals surface area contributed by atoms with Gasteiger partial charge in [-0.2, -0.15) is 18.4 Å². The monoisotopic (exact) mass is 279 g/mol. The average molecular weight is 279 g/mol. The van der Waals surface area contributed by atoms with E-state index in [1.54, 1.807) is 0 Å². The molecule has 1 heterocycles. The van der Waals surface area contributed by atoms with Crippen LogP contribution in [0.1, 0.15) is 11.3 Å². The number of hydrogen-bond acceptors (Lipinski definition) is 4. The van der Waals surface area contributed by atoms with Gasteiger partial charge in [0, 0.05) is 12.3 Å². The maximum Gasteiger partial charge on any atom is 0.416 e. The van der Waals surface area contributed by atoms with Crippen molar-refractivity contribution in [3.05, 3.63) is 47.8 Å². The Morgan fingerprint density at radius 3 is 2.55 bits per heavy atom. The molecule has 2 N–H and O–H groups in total. The zero-order chi connectivity index (χ0) is 14.8. The van der Waals surface area contributed by atoms with E-state index in [0.29, 0.717) is 0 Å². The number of hydrogen-bond donors (Lipinski definition) is 1. The standard InChI is InChI=1S/C13H8F3N3O/c14-13(15,16)8-1-2-12(11(18)5-8)20-10-3-4-19-9(6-10)7-17/h1-6H,18H2. The molecule has 0 saturated heterocycles. The fourth-order valence-electron chi connectivity index (χ4n) is 1.48. The molecular weight excluding hydrogens is 271 g/mol. The highest BCUT2D eigenvalue weighted by atomic mass is 19.4. The number of nitrogens with zero attached hydrogens (tertiary/aromatic N) is 2. The van der Waals surface area contributed by atoms with Gasteiger partial charge >= 0.3 is 6.18 Å². The van der Waals surface area contributed by atoms with Crippen LogP contribution < -0.4 is 10.5 Å². The van der Waals surface area contributed by atoms with Crippen molar-refractivity contribution in [2.24, 2.45) is 0 Å². The first-order valence-corrected chi connectivity index (χ1v) is 5.41. The summed E-state index contributed by atoms with van der Waals surface area (Å²) in [6, 6.07) is 7.45. The topological polar surface area (TPSA) is 71.9 Å². The highest BCUT2D eigenvalue weighted by molar-refractivity contribution is 5.56. The van der Waals surface area contributed by atoms with E-state index in [9.17, 15) is 13.2 Å². The fraction of sp³-hybridized carbons (Fsp3) is 0.0769. The maximum absolute atomic E-state index is 12.5. The van der Waals surface area contributed by atoms with Gasteiger partial charge < -0.3 is 10.5 Å². The summed E-state index contributed by atoms with van der Waals surface area (Å²) in [4.78, 5) is 3.75. The SMILES string of the molecule is N#Cc1cc(Oc2ccc(C(F)(F)F)cc2N)ccn1. The Balaban J connectivity index is 2.28. The van der Waals surface area contributed by atoms with Gasteiger partial charge in [0.2, 0.25) is 0 Å². The third kappa shape index (κ3) is 2.98. The first-order chi connectivity index (χ1) is 9.40. The lowest BCUT2D eigenvalue weighted by molar-refractivity contribution is -0.137. The van der Waals surface area contributed by atoms with E-state index >= 15 is 0 Å². The molecule has 0 spiro atoms. The van der Waals surface area contributed by atoms with Gasteiger partial charge in [-0.25, -0.2) is 4.98 Å². The maximum atomic E-state index is 12.5. The van der Waals surface area contributed by atoms with E-state index in [2.05, 4.69) is 4.98 Å². The van der Waals surface area contributed by atoms with Crippen molar-refractivity contribution in [1.29, 1.82) is 5.26 Å². The van der Waals surface area contributed by atoms with Crippen LogP contribution in [0.5, 0.6) is 11.5 Å². The molecule has 0 aliphatic heterocycles. The van der Waals surface area contributed by atoms with Crippen molar-refractivity contribution < 1.29 is 17.9 Å². The number of pyridine rings is 1. The normalized spacial score (nSPS) is 10.9. The largest absolute Gasteiger partial charge is 0.455 e. The lowest BCUT2D eigenvalue weighted by atomic mass is 10.2. The number of rotatable bonds is 2. The molecule has 0 radical (unpaired) electrons. The number of nitrogen functional groups attached to an aromatic ring is 1. The number of nitrogens with two attached hydrogens (primary N) is 1. The number of aromatic nitrogens is 1. The quantitative estimate of drug-likeness (QED) is 0.856. The van der Waals surface area contributed by atoms with Crippen molar-refractivity contribution in [1.82, 2.24) is 4.98 Å². The Kier molecular flexibility index (Phi) is 3.48. The number of nitriles is 1. The molecule has 4 nitrogen and oxygen atoms in total. The number of benzene rings is 1.